The maximum absolute atomic E-state index is 7.37. The molecule has 0 aromatic carbocycles. The molecule has 1 atom stereocenters. The van der Waals surface area contributed by atoms with E-state index in [4.69, 9.17) is 11.1 Å². The molecule has 0 aliphatic rings. The van der Waals surface area contributed by atoms with Crippen LogP contribution in [0.3, 0.4) is 0 Å². The minimum atomic E-state index is 0.0802. The van der Waals surface area contributed by atoms with Gasteiger partial charge in [-0.25, -0.2) is 0 Å². The molecule has 0 saturated heterocycles. The lowest BCUT2D eigenvalue weighted by Gasteiger charge is -2.22. The highest BCUT2D eigenvalue weighted by Gasteiger charge is 2.12. The molecule has 1 aromatic heterocycles. The first-order chi connectivity index (χ1) is 7.52. The Kier molecular flexibility index (Phi) is 4.42. The minimum absolute atomic E-state index is 0.0802. The van der Waals surface area contributed by atoms with Gasteiger partial charge in [0.2, 0.25) is 0 Å². The predicted octanol–water partition coefficient (Wildman–Crippen LogP) is 0.209. The van der Waals surface area contributed by atoms with Gasteiger partial charge in [-0.15, -0.1) is 5.10 Å². The maximum Gasteiger partial charge on any atom is 0.0967 e. The Morgan fingerprint density at radius 2 is 2.38 bits per heavy atom. The Labute approximate surface area is 95.9 Å². The molecule has 1 rings (SSSR count). The van der Waals surface area contributed by atoms with Gasteiger partial charge in [0.25, 0.3) is 0 Å². The molecule has 16 heavy (non-hydrogen) atoms. The topological polar surface area (TPSA) is 83.8 Å². The molecule has 0 bridgehead atoms. The van der Waals surface area contributed by atoms with Gasteiger partial charge >= 0.3 is 0 Å². The molecule has 6 nitrogen and oxygen atoms in total. The fourth-order valence-corrected chi connectivity index (χ4v) is 1.49. The summed E-state index contributed by atoms with van der Waals surface area (Å²) in [5, 5.41) is 15.3. The summed E-state index contributed by atoms with van der Waals surface area (Å²) in [6.07, 6.45) is 1.90. The summed E-state index contributed by atoms with van der Waals surface area (Å²) in [4.78, 5) is 2.20. The average Bonchev–Trinajstić information content (AvgIpc) is 2.62. The Hall–Kier alpha value is -1.43. The fraction of sp³-hybridized carbons (Fsp3) is 0.700. The predicted molar refractivity (Wildman–Crippen MR) is 63.0 cm³/mol. The number of aryl methyl sites for hydroxylation is 1. The first-order valence-electron chi connectivity index (χ1n) is 5.44. The van der Waals surface area contributed by atoms with Gasteiger partial charge in [0.15, 0.2) is 0 Å². The van der Waals surface area contributed by atoms with Crippen molar-refractivity contribution in [3.05, 3.63) is 11.9 Å². The Morgan fingerprint density at radius 1 is 1.69 bits per heavy atom. The number of hydrogen-bond acceptors (Lipinski definition) is 4. The molecule has 0 aliphatic heterocycles. The van der Waals surface area contributed by atoms with Crippen LogP contribution in [0, 0.1) is 11.3 Å². The van der Waals surface area contributed by atoms with Gasteiger partial charge in [0.1, 0.15) is 0 Å². The normalized spacial score (nSPS) is 13.0. The van der Waals surface area contributed by atoms with Crippen molar-refractivity contribution in [3.8, 4) is 0 Å². The molecular weight excluding hydrogens is 204 g/mol. The van der Waals surface area contributed by atoms with Crippen molar-refractivity contribution in [3.63, 3.8) is 0 Å². The van der Waals surface area contributed by atoms with Crippen molar-refractivity contribution in [1.82, 2.24) is 19.9 Å². The number of nitrogens with zero attached hydrogens (tertiary/aromatic N) is 4. The average molecular weight is 224 g/mol. The highest BCUT2D eigenvalue weighted by molar-refractivity contribution is 5.79. The largest absolute Gasteiger partial charge is 0.387 e. The molecule has 6 heteroatoms. The van der Waals surface area contributed by atoms with Crippen LogP contribution in [0.25, 0.3) is 0 Å². The van der Waals surface area contributed by atoms with Crippen molar-refractivity contribution in [1.29, 1.82) is 5.41 Å². The lowest BCUT2D eigenvalue weighted by atomic mass is 10.1. The highest BCUT2D eigenvalue weighted by Crippen LogP contribution is 2.04. The molecule has 0 spiro atoms. The molecule has 0 aliphatic carbocycles. The minimum Gasteiger partial charge on any atom is -0.387 e. The van der Waals surface area contributed by atoms with Crippen LogP contribution in [0.15, 0.2) is 6.20 Å². The Balaban J connectivity index is 2.52. The quantitative estimate of drug-likeness (QED) is 0.534. The van der Waals surface area contributed by atoms with Crippen molar-refractivity contribution in [2.24, 2.45) is 18.7 Å². The van der Waals surface area contributed by atoms with Crippen LogP contribution in [0.1, 0.15) is 19.5 Å². The van der Waals surface area contributed by atoms with Crippen molar-refractivity contribution < 1.29 is 0 Å². The van der Waals surface area contributed by atoms with Gasteiger partial charge in [0, 0.05) is 32.3 Å². The molecule has 1 heterocycles. The lowest BCUT2D eigenvalue weighted by Crippen LogP contribution is -2.34. The summed E-state index contributed by atoms with van der Waals surface area (Å²) in [7, 11) is 1.85. The number of rotatable bonds is 6. The van der Waals surface area contributed by atoms with Crippen LogP contribution < -0.4 is 5.73 Å². The van der Waals surface area contributed by atoms with E-state index in [9.17, 15) is 0 Å². The molecule has 0 amide bonds. The standard InChI is InChI=1S/C10H20N6/c1-4-16(5-8(2)10(11)12)7-9-6-15(3)14-13-9/h6,8H,4-5,7H2,1-3H3,(H3,11,12). The zero-order valence-corrected chi connectivity index (χ0v) is 10.1. The van der Waals surface area contributed by atoms with E-state index in [1.165, 1.54) is 0 Å². The van der Waals surface area contributed by atoms with E-state index in [0.717, 1.165) is 25.3 Å². The smallest absolute Gasteiger partial charge is 0.0967 e. The van der Waals surface area contributed by atoms with Crippen LogP contribution >= 0.6 is 0 Å². The van der Waals surface area contributed by atoms with E-state index in [-0.39, 0.29) is 11.8 Å². The third kappa shape index (κ3) is 3.62. The first-order valence-corrected chi connectivity index (χ1v) is 5.44. The van der Waals surface area contributed by atoms with Crippen LogP contribution in [-0.2, 0) is 13.6 Å². The Morgan fingerprint density at radius 3 is 2.81 bits per heavy atom. The Bertz CT molecular complexity index is 345. The summed E-state index contributed by atoms with van der Waals surface area (Å²) < 4.78 is 1.69. The molecule has 0 radical (unpaired) electrons. The van der Waals surface area contributed by atoms with Gasteiger partial charge in [-0.1, -0.05) is 19.1 Å². The van der Waals surface area contributed by atoms with Gasteiger partial charge in [-0.2, -0.15) is 0 Å². The number of aromatic nitrogens is 3. The number of amidine groups is 1. The highest BCUT2D eigenvalue weighted by atomic mass is 15.4. The second kappa shape index (κ2) is 5.60. The van der Waals surface area contributed by atoms with Crippen LogP contribution in [0.5, 0.6) is 0 Å². The van der Waals surface area contributed by atoms with Crippen molar-refractivity contribution in [2.75, 3.05) is 13.1 Å². The van der Waals surface area contributed by atoms with E-state index >= 15 is 0 Å². The summed E-state index contributed by atoms with van der Waals surface area (Å²) in [5.74, 6) is 0.314. The zero-order valence-electron chi connectivity index (χ0n) is 10.1. The van der Waals surface area contributed by atoms with E-state index in [0.29, 0.717) is 0 Å². The molecule has 0 saturated carbocycles. The van der Waals surface area contributed by atoms with E-state index in [1.807, 2.05) is 20.2 Å². The van der Waals surface area contributed by atoms with Gasteiger partial charge in [0.05, 0.1) is 11.5 Å². The number of nitrogens with two attached hydrogens (primary N) is 1. The van der Waals surface area contributed by atoms with E-state index < -0.39 is 0 Å². The van der Waals surface area contributed by atoms with Gasteiger partial charge in [-0.3, -0.25) is 15.0 Å². The van der Waals surface area contributed by atoms with Crippen LogP contribution in [0.2, 0.25) is 0 Å². The molecule has 1 unspecified atom stereocenters. The summed E-state index contributed by atoms with van der Waals surface area (Å²) in [6.45, 7) is 6.49. The van der Waals surface area contributed by atoms with E-state index in [2.05, 4.69) is 22.1 Å². The van der Waals surface area contributed by atoms with Gasteiger partial charge in [-0.05, 0) is 6.54 Å². The monoisotopic (exact) mass is 224 g/mol. The summed E-state index contributed by atoms with van der Waals surface area (Å²) in [5.41, 5.74) is 6.41. The molecular formula is C10H20N6. The second-order valence-corrected chi connectivity index (χ2v) is 4.07. The second-order valence-electron chi connectivity index (χ2n) is 4.07. The first kappa shape index (κ1) is 12.6. The molecule has 1 aromatic rings. The number of nitrogens with one attached hydrogen (secondary N) is 1. The zero-order chi connectivity index (χ0) is 12.1. The summed E-state index contributed by atoms with van der Waals surface area (Å²) >= 11 is 0. The SMILES string of the molecule is CCN(Cc1cn(C)nn1)CC(C)C(=N)N. The van der Waals surface area contributed by atoms with Crippen molar-refractivity contribution >= 4 is 5.84 Å². The van der Waals surface area contributed by atoms with Crippen molar-refractivity contribution in [2.45, 2.75) is 20.4 Å². The third-order valence-corrected chi connectivity index (χ3v) is 2.55. The van der Waals surface area contributed by atoms with E-state index in [1.54, 1.807) is 4.68 Å². The van der Waals surface area contributed by atoms with Gasteiger partial charge < -0.3 is 5.73 Å². The van der Waals surface area contributed by atoms with Crippen LogP contribution in [-0.4, -0.2) is 38.8 Å². The molecule has 90 valence electrons. The molecule has 3 N–H and O–H groups in total. The summed E-state index contributed by atoms with van der Waals surface area (Å²) in [6, 6.07) is 0. The molecule has 0 fully saturated rings. The lowest BCUT2D eigenvalue weighted by molar-refractivity contribution is 0.260. The fourth-order valence-electron chi connectivity index (χ4n) is 1.49. The number of hydrogen-bond donors (Lipinski definition) is 2. The maximum atomic E-state index is 7.37. The van der Waals surface area contributed by atoms with Crippen LogP contribution in [0.4, 0.5) is 0 Å². The third-order valence-electron chi connectivity index (χ3n) is 2.55.